The Morgan fingerprint density at radius 2 is 2.05 bits per heavy atom. The molecule has 1 aromatic carbocycles. The van der Waals surface area contributed by atoms with Crippen LogP contribution in [0.3, 0.4) is 0 Å². The fourth-order valence-corrected chi connectivity index (χ4v) is 2.15. The van der Waals surface area contributed by atoms with Gasteiger partial charge in [-0.1, -0.05) is 17.7 Å². The molecule has 0 aliphatic rings. The van der Waals surface area contributed by atoms with Gasteiger partial charge in [0.2, 0.25) is 5.28 Å². The number of nitrogens with zero attached hydrogens (tertiary/aromatic N) is 4. The van der Waals surface area contributed by atoms with Crippen molar-refractivity contribution in [3.05, 3.63) is 40.8 Å². The Morgan fingerprint density at radius 1 is 1.21 bits per heavy atom. The Morgan fingerprint density at radius 3 is 2.84 bits per heavy atom. The van der Waals surface area contributed by atoms with Gasteiger partial charge in [0.15, 0.2) is 5.65 Å². The third kappa shape index (κ3) is 2.34. The standard InChI is InChI=1S/C12H9Cl2N5/c1-19-11-9(6-15-19)10(17-12(14)18-11)16-8-4-2-3-7(13)5-8/h2-6H,1H3,(H,16,17,18). The molecule has 0 amide bonds. The van der Waals surface area contributed by atoms with Crippen molar-refractivity contribution in [1.29, 1.82) is 0 Å². The lowest BCUT2D eigenvalue weighted by molar-refractivity contribution is 0.785. The van der Waals surface area contributed by atoms with Gasteiger partial charge < -0.3 is 5.32 Å². The first kappa shape index (κ1) is 12.2. The van der Waals surface area contributed by atoms with Crippen LogP contribution in [0, 0.1) is 0 Å². The van der Waals surface area contributed by atoms with Crippen molar-refractivity contribution in [3.63, 3.8) is 0 Å². The maximum absolute atomic E-state index is 5.95. The molecule has 7 heteroatoms. The second-order valence-corrected chi connectivity index (χ2v) is 4.76. The molecule has 0 spiro atoms. The SMILES string of the molecule is Cn1ncc2c(Nc3cccc(Cl)c3)nc(Cl)nc21. The Balaban J connectivity index is 2.10. The summed E-state index contributed by atoms with van der Waals surface area (Å²) in [7, 11) is 1.80. The van der Waals surface area contributed by atoms with Crippen molar-refractivity contribution < 1.29 is 0 Å². The Kier molecular flexibility index (Phi) is 3.00. The van der Waals surface area contributed by atoms with Gasteiger partial charge in [0, 0.05) is 17.8 Å². The van der Waals surface area contributed by atoms with E-state index in [1.165, 1.54) is 0 Å². The zero-order valence-corrected chi connectivity index (χ0v) is 11.4. The molecule has 5 nitrogen and oxygen atoms in total. The minimum Gasteiger partial charge on any atom is -0.339 e. The van der Waals surface area contributed by atoms with Crippen molar-refractivity contribution in [1.82, 2.24) is 19.7 Å². The van der Waals surface area contributed by atoms with E-state index in [9.17, 15) is 0 Å². The lowest BCUT2D eigenvalue weighted by Gasteiger charge is -2.07. The van der Waals surface area contributed by atoms with Crippen LogP contribution in [-0.2, 0) is 7.05 Å². The second kappa shape index (κ2) is 4.68. The highest BCUT2D eigenvalue weighted by Gasteiger charge is 2.10. The van der Waals surface area contributed by atoms with E-state index in [0.717, 1.165) is 11.1 Å². The minimum absolute atomic E-state index is 0.167. The summed E-state index contributed by atoms with van der Waals surface area (Å²) in [5.74, 6) is 0.602. The number of aryl methyl sites for hydroxylation is 1. The molecule has 0 fully saturated rings. The van der Waals surface area contributed by atoms with Gasteiger partial charge in [-0.3, -0.25) is 4.68 Å². The van der Waals surface area contributed by atoms with Crippen LogP contribution in [0.5, 0.6) is 0 Å². The van der Waals surface area contributed by atoms with E-state index in [0.29, 0.717) is 16.5 Å². The van der Waals surface area contributed by atoms with Gasteiger partial charge in [-0.2, -0.15) is 15.1 Å². The summed E-state index contributed by atoms with van der Waals surface area (Å²) in [6.07, 6.45) is 1.69. The van der Waals surface area contributed by atoms with Crippen LogP contribution in [0.25, 0.3) is 11.0 Å². The minimum atomic E-state index is 0.167. The molecule has 0 saturated carbocycles. The van der Waals surface area contributed by atoms with Crippen LogP contribution in [0.15, 0.2) is 30.5 Å². The first-order chi connectivity index (χ1) is 9.13. The molecule has 2 heterocycles. The topological polar surface area (TPSA) is 55.6 Å². The highest BCUT2D eigenvalue weighted by molar-refractivity contribution is 6.31. The molecule has 0 radical (unpaired) electrons. The van der Waals surface area contributed by atoms with E-state index >= 15 is 0 Å². The summed E-state index contributed by atoms with van der Waals surface area (Å²) >= 11 is 11.9. The van der Waals surface area contributed by atoms with E-state index in [2.05, 4.69) is 20.4 Å². The summed E-state index contributed by atoms with van der Waals surface area (Å²) in [5, 5.41) is 8.93. The van der Waals surface area contributed by atoms with Gasteiger partial charge in [-0.15, -0.1) is 0 Å². The summed E-state index contributed by atoms with van der Waals surface area (Å²) in [6.45, 7) is 0. The number of benzene rings is 1. The van der Waals surface area contributed by atoms with Crippen molar-refractivity contribution in [3.8, 4) is 0 Å². The maximum atomic E-state index is 5.95. The zero-order valence-electron chi connectivity index (χ0n) is 9.93. The fourth-order valence-electron chi connectivity index (χ4n) is 1.79. The molecule has 19 heavy (non-hydrogen) atoms. The van der Waals surface area contributed by atoms with E-state index in [-0.39, 0.29) is 5.28 Å². The zero-order chi connectivity index (χ0) is 13.4. The summed E-state index contributed by atoms with van der Waals surface area (Å²) in [5.41, 5.74) is 1.50. The molecule has 0 aliphatic heterocycles. The molecule has 0 saturated heterocycles. The monoisotopic (exact) mass is 293 g/mol. The number of fused-ring (bicyclic) bond motifs is 1. The van der Waals surface area contributed by atoms with Crippen LogP contribution in [0.2, 0.25) is 10.3 Å². The van der Waals surface area contributed by atoms with Crippen LogP contribution < -0.4 is 5.32 Å². The molecule has 1 N–H and O–H groups in total. The lowest BCUT2D eigenvalue weighted by Crippen LogP contribution is -1.98. The van der Waals surface area contributed by atoms with Crippen molar-refractivity contribution in [2.45, 2.75) is 0 Å². The molecule has 96 valence electrons. The van der Waals surface area contributed by atoms with Gasteiger partial charge in [-0.05, 0) is 29.8 Å². The highest BCUT2D eigenvalue weighted by Crippen LogP contribution is 2.25. The number of rotatable bonds is 2. The van der Waals surface area contributed by atoms with Gasteiger partial charge >= 0.3 is 0 Å². The highest BCUT2D eigenvalue weighted by atomic mass is 35.5. The first-order valence-electron chi connectivity index (χ1n) is 5.51. The molecule has 0 atom stereocenters. The van der Waals surface area contributed by atoms with E-state index < -0.39 is 0 Å². The number of hydrogen-bond donors (Lipinski definition) is 1. The number of nitrogens with one attached hydrogen (secondary N) is 1. The van der Waals surface area contributed by atoms with Crippen molar-refractivity contribution in [2.24, 2.45) is 7.05 Å². The molecule has 3 rings (SSSR count). The van der Waals surface area contributed by atoms with Crippen LogP contribution >= 0.6 is 23.2 Å². The average Bonchev–Trinajstić information content (AvgIpc) is 2.71. The van der Waals surface area contributed by atoms with Gasteiger partial charge in [0.05, 0.1) is 11.6 Å². The molecule has 0 bridgehead atoms. The van der Waals surface area contributed by atoms with Crippen molar-refractivity contribution >= 4 is 45.7 Å². The molecular weight excluding hydrogens is 285 g/mol. The fraction of sp³-hybridized carbons (Fsp3) is 0.0833. The summed E-state index contributed by atoms with van der Waals surface area (Å²) in [6, 6.07) is 7.36. The predicted octanol–water partition coefficient (Wildman–Crippen LogP) is 3.41. The van der Waals surface area contributed by atoms with Gasteiger partial charge in [0.1, 0.15) is 5.82 Å². The molecule has 2 aromatic heterocycles. The van der Waals surface area contributed by atoms with E-state index in [1.54, 1.807) is 30.1 Å². The van der Waals surface area contributed by atoms with Gasteiger partial charge in [0.25, 0.3) is 0 Å². The Labute approximate surface area is 119 Å². The van der Waals surface area contributed by atoms with Crippen LogP contribution in [0.4, 0.5) is 11.5 Å². The lowest BCUT2D eigenvalue weighted by atomic mass is 10.3. The number of aromatic nitrogens is 4. The quantitative estimate of drug-likeness (QED) is 0.736. The molecule has 0 aliphatic carbocycles. The molecule has 3 aromatic rings. The largest absolute Gasteiger partial charge is 0.339 e. The van der Waals surface area contributed by atoms with Crippen LogP contribution in [0.1, 0.15) is 0 Å². The third-order valence-corrected chi connectivity index (χ3v) is 3.06. The van der Waals surface area contributed by atoms with Crippen LogP contribution in [-0.4, -0.2) is 19.7 Å². The maximum Gasteiger partial charge on any atom is 0.226 e. The second-order valence-electron chi connectivity index (χ2n) is 3.98. The molecule has 0 unspecified atom stereocenters. The predicted molar refractivity (Wildman–Crippen MR) is 76.0 cm³/mol. The summed E-state index contributed by atoms with van der Waals surface area (Å²) in [4.78, 5) is 8.33. The first-order valence-corrected chi connectivity index (χ1v) is 6.27. The normalized spacial score (nSPS) is 10.9. The average molecular weight is 294 g/mol. The van der Waals surface area contributed by atoms with E-state index in [1.807, 2.05) is 12.1 Å². The van der Waals surface area contributed by atoms with E-state index in [4.69, 9.17) is 23.2 Å². The Hall–Kier alpha value is -1.85. The summed E-state index contributed by atoms with van der Waals surface area (Å²) < 4.78 is 1.64. The molecular formula is C12H9Cl2N5. The Bertz CT molecular complexity index is 753. The number of hydrogen-bond acceptors (Lipinski definition) is 4. The number of halogens is 2. The third-order valence-electron chi connectivity index (χ3n) is 2.65. The van der Waals surface area contributed by atoms with Gasteiger partial charge in [-0.25, -0.2) is 0 Å². The number of anilines is 2. The smallest absolute Gasteiger partial charge is 0.226 e. The van der Waals surface area contributed by atoms with Crippen molar-refractivity contribution in [2.75, 3.05) is 5.32 Å².